The Hall–Kier alpha value is -3.96. The van der Waals surface area contributed by atoms with E-state index in [1.165, 1.54) is 22.9 Å². The zero-order chi connectivity index (χ0) is 28.6. The third-order valence-electron chi connectivity index (χ3n) is 7.54. The van der Waals surface area contributed by atoms with Gasteiger partial charge < -0.3 is 29.6 Å². The van der Waals surface area contributed by atoms with Gasteiger partial charge >= 0.3 is 17.1 Å². The Labute approximate surface area is 234 Å². The van der Waals surface area contributed by atoms with Crippen molar-refractivity contribution in [3.8, 4) is 11.3 Å². The lowest BCUT2D eigenvalue weighted by Gasteiger charge is -2.44. The van der Waals surface area contributed by atoms with Crippen molar-refractivity contribution in [3.05, 3.63) is 93.0 Å². The molecule has 0 saturated carbocycles. The highest BCUT2D eigenvalue weighted by Crippen LogP contribution is 2.45. The lowest BCUT2D eigenvalue weighted by molar-refractivity contribution is -0.389. The molecule has 1 aliphatic carbocycles. The largest absolute Gasteiger partial charge is 0.481 e. The molecule has 40 heavy (non-hydrogen) atoms. The number of carboxylic acid groups (broad SMARTS) is 1. The quantitative estimate of drug-likeness (QED) is 0.261. The number of nitro groups is 1. The molecule has 10 nitrogen and oxygen atoms in total. The number of nitrogens with zero attached hydrogens (tertiary/aromatic N) is 4. The van der Waals surface area contributed by atoms with Gasteiger partial charge in [0.15, 0.2) is 0 Å². The summed E-state index contributed by atoms with van der Waals surface area (Å²) in [6.07, 6.45) is 7.38. The number of imidazole rings is 1. The molecule has 2 N–H and O–H groups in total. The Morgan fingerprint density at radius 3 is 2.77 bits per heavy atom. The maximum atomic E-state index is 13.4. The van der Waals surface area contributed by atoms with Crippen LogP contribution in [-0.4, -0.2) is 48.2 Å². The van der Waals surface area contributed by atoms with Gasteiger partial charge in [-0.3, -0.25) is 9.36 Å². The van der Waals surface area contributed by atoms with Crippen LogP contribution in [0, 0.1) is 21.8 Å². The van der Waals surface area contributed by atoms with Crippen LogP contribution in [0.3, 0.4) is 0 Å². The Morgan fingerprint density at radius 1 is 1.38 bits per heavy atom. The summed E-state index contributed by atoms with van der Waals surface area (Å²) in [6, 6.07) is 7.89. The van der Waals surface area contributed by atoms with Gasteiger partial charge in [0, 0.05) is 36.3 Å². The number of carbonyl (C=O) groups is 1. The number of aromatic nitrogens is 2. The Bertz CT molecular complexity index is 1490. The molecule has 1 aliphatic heterocycles. The van der Waals surface area contributed by atoms with Crippen LogP contribution in [0.5, 0.6) is 0 Å². The van der Waals surface area contributed by atoms with Crippen LogP contribution < -0.4 is 0 Å². The smallest absolute Gasteiger partial charge is 0.383 e. The van der Waals surface area contributed by atoms with E-state index in [-0.39, 0.29) is 17.5 Å². The molecule has 0 spiro atoms. The summed E-state index contributed by atoms with van der Waals surface area (Å²) >= 11 is 6.40. The highest BCUT2D eigenvalue weighted by Gasteiger charge is 2.50. The van der Waals surface area contributed by atoms with Gasteiger partial charge in [0.25, 0.3) is 0 Å². The SMILES string of the molecule is C[C@H](O)CCCC1(n2cc([N+](=O)[O-])nc2Cl)C=CC=C(N2CCc3oc(-c4ccc(F)cc4)cc3C2)C1C(=O)O. The fourth-order valence-electron chi connectivity index (χ4n) is 5.67. The van der Waals surface area contributed by atoms with Crippen molar-refractivity contribution in [1.82, 2.24) is 14.5 Å². The second-order valence-electron chi connectivity index (χ2n) is 10.2. The van der Waals surface area contributed by atoms with E-state index < -0.39 is 34.3 Å². The van der Waals surface area contributed by atoms with Gasteiger partial charge in [-0.1, -0.05) is 12.2 Å². The predicted molar refractivity (Wildman–Crippen MR) is 144 cm³/mol. The Kier molecular flexibility index (Phi) is 7.52. The van der Waals surface area contributed by atoms with Gasteiger partial charge in [0.2, 0.25) is 0 Å². The standard InChI is InChI=1S/C28H28ClFN4O6/c1-17(35)4-2-11-28(33-16-24(34(38)39)31-27(33)29)12-3-5-21(25(28)26(36)37)32-13-10-22-19(15-32)14-23(40-22)18-6-8-20(30)9-7-18/h3,5-9,12,14,16-17,25,35H,2,4,10-11,13,15H2,1H3,(H,36,37)/t17-,25?,28?/m0/s1. The first-order valence-electron chi connectivity index (χ1n) is 12.9. The van der Waals surface area contributed by atoms with Crippen LogP contribution in [0.1, 0.15) is 37.5 Å². The zero-order valence-electron chi connectivity index (χ0n) is 21.7. The van der Waals surface area contributed by atoms with Gasteiger partial charge in [-0.15, -0.1) is 0 Å². The second kappa shape index (κ2) is 10.9. The van der Waals surface area contributed by atoms with E-state index in [4.69, 9.17) is 16.0 Å². The molecule has 0 radical (unpaired) electrons. The molecule has 1 aromatic carbocycles. The second-order valence-corrected chi connectivity index (χ2v) is 10.5. The molecule has 2 unspecified atom stereocenters. The van der Waals surface area contributed by atoms with Gasteiger partial charge in [0.1, 0.15) is 29.5 Å². The molecular formula is C28H28ClFN4O6. The molecule has 0 fully saturated rings. The van der Waals surface area contributed by atoms with E-state index in [9.17, 15) is 29.5 Å². The number of carboxylic acids is 1. The molecule has 3 aromatic rings. The minimum Gasteiger partial charge on any atom is -0.481 e. The van der Waals surface area contributed by atoms with Crippen molar-refractivity contribution in [1.29, 1.82) is 0 Å². The molecule has 0 saturated heterocycles. The molecule has 0 bridgehead atoms. The number of hydrogen-bond donors (Lipinski definition) is 2. The monoisotopic (exact) mass is 570 g/mol. The third-order valence-corrected chi connectivity index (χ3v) is 7.81. The first-order chi connectivity index (χ1) is 19.1. The summed E-state index contributed by atoms with van der Waals surface area (Å²) in [6.45, 7) is 2.51. The van der Waals surface area contributed by atoms with Gasteiger partial charge in [-0.2, -0.15) is 0 Å². The number of aliphatic hydroxyl groups is 1. The number of benzene rings is 1. The number of halogens is 2. The number of aliphatic carboxylic acids is 1. The minimum absolute atomic E-state index is 0.194. The average Bonchev–Trinajstić information content (AvgIpc) is 3.52. The third kappa shape index (κ3) is 5.14. The van der Waals surface area contributed by atoms with Crippen molar-refractivity contribution in [3.63, 3.8) is 0 Å². The minimum atomic E-state index is -1.31. The summed E-state index contributed by atoms with van der Waals surface area (Å²) in [5.41, 5.74) is 0.842. The predicted octanol–water partition coefficient (Wildman–Crippen LogP) is 5.30. The van der Waals surface area contributed by atoms with Crippen LogP contribution in [0.4, 0.5) is 10.2 Å². The van der Waals surface area contributed by atoms with Crippen LogP contribution in [0.25, 0.3) is 11.3 Å². The Morgan fingerprint density at radius 2 is 2.12 bits per heavy atom. The van der Waals surface area contributed by atoms with E-state index in [1.807, 2.05) is 11.0 Å². The lowest BCUT2D eigenvalue weighted by Crippen LogP contribution is -2.49. The molecule has 12 heteroatoms. The molecule has 210 valence electrons. The van der Waals surface area contributed by atoms with Crippen LogP contribution in [0.15, 0.2) is 64.9 Å². The molecule has 2 aromatic heterocycles. The van der Waals surface area contributed by atoms with Crippen molar-refractivity contribution in [2.24, 2.45) is 5.92 Å². The number of hydrogen-bond acceptors (Lipinski definition) is 7. The summed E-state index contributed by atoms with van der Waals surface area (Å²) in [5.74, 6) is -1.71. The maximum Gasteiger partial charge on any atom is 0.383 e. The maximum absolute atomic E-state index is 13.4. The van der Waals surface area contributed by atoms with Gasteiger partial charge in [-0.25, -0.2) is 4.39 Å². The molecule has 3 heterocycles. The summed E-state index contributed by atoms with van der Waals surface area (Å²) in [7, 11) is 0. The van der Waals surface area contributed by atoms with Gasteiger partial charge in [0.05, 0.1) is 11.6 Å². The van der Waals surface area contributed by atoms with E-state index in [1.54, 1.807) is 37.3 Å². The van der Waals surface area contributed by atoms with E-state index >= 15 is 0 Å². The van der Waals surface area contributed by atoms with Crippen molar-refractivity contribution in [2.75, 3.05) is 6.54 Å². The van der Waals surface area contributed by atoms with E-state index in [0.717, 1.165) is 16.9 Å². The molecular weight excluding hydrogens is 543 g/mol. The summed E-state index contributed by atoms with van der Waals surface area (Å²) in [5, 5.41) is 31.8. The average molecular weight is 571 g/mol. The highest BCUT2D eigenvalue weighted by atomic mass is 35.5. The fraction of sp³-hybridized carbons (Fsp3) is 0.357. The fourth-order valence-corrected chi connectivity index (χ4v) is 5.97. The Balaban J connectivity index is 1.51. The number of furan rings is 1. The number of fused-ring (bicyclic) bond motifs is 1. The van der Waals surface area contributed by atoms with Crippen LogP contribution in [-0.2, 0) is 23.3 Å². The zero-order valence-corrected chi connectivity index (χ0v) is 22.4. The molecule has 0 amide bonds. The van der Waals surface area contributed by atoms with E-state index in [2.05, 4.69) is 4.98 Å². The normalized spacial score (nSPS) is 21.1. The highest BCUT2D eigenvalue weighted by molar-refractivity contribution is 6.28. The van der Waals surface area contributed by atoms with Crippen LogP contribution in [0.2, 0.25) is 5.28 Å². The lowest BCUT2D eigenvalue weighted by atomic mass is 9.74. The molecule has 5 rings (SSSR count). The summed E-state index contributed by atoms with van der Waals surface area (Å²) in [4.78, 5) is 29.6. The molecule has 2 aliphatic rings. The van der Waals surface area contributed by atoms with Gasteiger partial charge in [-0.05, 0) is 84.1 Å². The van der Waals surface area contributed by atoms with Crippen LogP contribution >= 0.6 is 11.6 Å². The first kappa shape index (κ1) is 27.6. The summed E-state index contributed by atoms with van der Waals surface area (Å²) < 4.78 is 20.8. The number of rotatable bonds is 9. The topological polar surface area (TPSA) is 135 Å². The van der Waals surface area contributed by atoms with Crippen molar-refractivity contribution in [2.45, 2.75) is 50.8 Å². The first-order valence-corrected chi connectivity index (χ1v) is 13.3. The number of aliphatic hydroxyl groups excluding tert-OH is 1. The van der Waals surface area contributed by atoms with Crippen molar-refractivity contribution < 1.29 is 28.7 Å². The van der Waals surface area contributed by atoms with E-state index in [0.29, 0.717) is 43.8 Å². The van der Waals surface area contributed by atoms with Crippen molar-refractivity contribution >= 4 is 23.4 Å². The number of allylic oxidation sites excluding steroid dienone is 3. The molecule has 3 atom stereocenters.